The van der Waals surface area contributed by atoms with Crippen molar-refractivity contribution in [3.8, 4) is 0 Å². The molecule has 1 fully saturated rings. The molecule has 0 spiro atoms. The number of piperidine rings is 1. The molecule has 108 valence electrons. The first-order chi connectivity index (χ1) is 9.10. The first-order valence-corrected chi connectivity index (χ1v) is 7.40. The van der Waals surface area contributed by atoms with Gasteiger partial charge in [0.05, 0.1) is 0 Å². The van der Waals surface area contributed by atoms with Gasteiger partial charge in [0.2, 0.25) is 0 Å². The maximum absolute atomic E-state index is 11.0. The van der Waals surface area contributed by atoms with Crippen LogP contribution in [0.2, 0.25) is 0 Å². The highest BCUT2D eigenvalue weighted by atomic mass is 16.3. The average Bonchev–Trinajstić information content (AvgIpc) is 2.83. The summed E-state index contributed by atoms with van der Waals surface area (Å²) in [5.74, 6) is 0.0780. The highest BCUT2D eigenvalue weighted by molar-refractivity contribution is 6.15. The molecular formula is C17H26BNO. The normalized spacial score (nSPS) is 29.3. The third-order valence-corrected chi connectivity index (χ3v) is 5.00. The summed E-state index contributed by atoms with van der Waals surface area (Å²) in [7, 11) is 8.50. The third-order valence-electron chi connectivity index (χ3n) is 5.00. The van der Waals surface area contributed by atoms with E-state index in [0.29, 0.717) is 0 Å². The summed E-state index contributed by atoms with van der Waals surface area (Å²) in [5, 5.41) is 11.0. The van der Waals surface area contributed by atoms with Crippen molar-refractivity contribution in [2.75, 3.05) is 13.6 Å². The molecule has 3 heteroatoms. The molecule has 1 aliphatic heterocycles. The summed E-state index contributed by atoms with van der Waals surface area (Å²) in [6.45, 7) is 1.04. The zero-order valence-electron chi connectivity index (χ0n) is 11.7. The molecule has 20 heavy (non-hydrogen) atoms. The summed E-state index contributed by atoms with van der Waals surface area (Å²) in [6.07, 6.45) is 5.39. The number of nitrogens with zero attached hydrogens (tertiary/aromatic N) is 1. The van der Waals surface area contributed by atoms with E-state index in [4.69, 9.17) is 7.85 Å². The van der Waals surface area contributed by atoms with Gasteiger partial charge in [0, 0.05) is 17.5 Å². The van der Waals surface area contributed by atoms with Crippen LogP contribution in [-0.2, 0) is 6.42 Å². The van der Waals surface area contributed by atoms with E-state index < -0.39 is 5.50 Å². The predicted molar refractivity (Wildman–Crippen MR) is 85.2 cm³/mol. The van der Waals surface area contributed by atoms with Crippen molar-refractivity contribution >= 4 is 7.85 Å². The summed E-state index contributed by atoms with van der Waals surface area (Å²) in [6, 6.07) is 8.50. The van der Waals surface area contributed by atoms with Crippen LogP contribution in [-0.4, -0.2) is 43.0 Å². The molecule has 0 aromatic heterocycles. The number of hydrogen-bond acceptors (Lipinski definition) is 2. The quantitative estimate of drug-likeness (QED) is 0.836. The smallest absolute Gasteiger partial charge is 0.116 e. The molecule has 2 unspecified atom stereocenters. The molecule has 1 heterocycles. The molecule has 3 rings (SSSR count). The van der Waals surface area contributed by atoms with Gasteiger partial charge in [-0.15, -0.1) is 0 Å². The second-order valence-electron chi connectivity index (χ2n) is 6.17. The first-order valence-electron chi connectivity index (χ1n) is 7.40. The van der Waals surface area contributed by atoms with Gasteiger partial charge in [-0.05, 0) is 50.4 Å². The lowest BCUT2D eigenvalue weighted by Crippen LogP contribution is -2.56. The van der Waals surface area contributed by atoms with Crippen LogP contribution < -0.4 is 0 Å². The number of hydrogen-bond donors (Lipinski definition) is 1. The molecule has 1 aromatic rings. The molecule has 1 aliphatic carbocycles. The molecular weight excluding hydrogens is 245 g/mol. The third kappa shape index (κ3) is 2.54. The minimum Gasteiger partial charge on any atom is -0.398 e. The van der Waals surface area contributed by atoms with Gasteiger partial charge in [0.1, 0.15) is 7.85 Å². The van der Waals surface area contributed by atoms with Gasteiger partial charge in [0.15, 0.2) is 0 Å². The molecule has 3 atom stereocenters. The summed E-state index contributed by atoms with van der Waals surface area (Å²) in [5.41, 5.74) is 1.50. The van der Waals surface area contributed by atoms with E-state index in [2.05, 4.69) is 36.2 Å². The van der Waals surface area contributed by atoms with Crippen LogP contribution in [0.1, 0.15) is 50.2 Å². The Morgan fingerprint density at radius 1 is 1.25 bits per heavy atom. The number of likely N-dealkylation sites (tertiary alicyclic amines) is 1. The van der Waals surface area contributed by atoms with E-state index in [-0.39, 0.29) is 19.4 Å². The van der Waals surface area contributed by atoms with Crippen molar-refractivity contribution in [2.24, 2.45) is 0 Å². The standard InChI is InChI=1S/C16H22BNO.CH4/c1-18-11-5-4-8-15(18)16(17,19)14-10-9-12-6-2-3-7-13(12)14;/h2-3,6-7,14-15,19H,4-5,8-11H2,1H3;1H4/t14?,15-,16?;/m0./s1. The van der Waals surface area contributed by atoms with Crippen LogP contribution in [0.4, 0.5) is 0 Å². The molecule has 0 saturated carbocycles. The fourth-order valence-electron chi connectivity index (χ4n) is 3.93. The minimum atomic E-state index is -1.11. The highest BCUT2D eigenvalue weighted by Crippen LogP contribution is 2.43. The van der Waals surface area contributed by atoms with E-state index >= 15 is 0 Å². The Bertz CT molecular complexity index is 460. The van der Waals surface area contributed by atoms with Crippen molar-refractivity contribution in [3.63, 3.8) is 0 Å². The SMILES string of the molecule is C.[B]C(O)(C1CCc2ccccc21)[C@@H]1CCCCN1C. The maximum atomic E-state index is 11.0. The monoisotopic (exact) mass is 271 g/mol. The largest absolute Gasteiger partial charge is 0.398 e. The van der Waals surface area contributed by atoms with Crippen LogP contribution in [0, 0.1) is 0 Å². The Hall–Kier alpha value is -0.795. The summed E-state index contributed by atoms with van der Waals surface area (Å²) < 4.78 is 0. The predicted octanol–water partition coefficient (Wildman–Crippen LogP) is 2.69. The fourth-order valence-corrected chi connectivity index (χ4v) is 3.93. The van der Waals surface area contributed by atoms with E-state index in [1.54, 1.807) is 0 Å². The fraction of sp³-hybridized carbons (Fsp3) is 0.647. The summed E-state index contributed by atoms with van der Waals surface area (Å²) in [4.78, 5) is 2.24. The highest BCUT2D eigenvalue weighted by Gasteiger charge is 2.44. The van der Waals surface area contributed by atoms with Crippen molar-refractivity contribution in [1.82, 2.24) is 4.90 Å². The number of fused-ring (bicyclic) bond motifs is 1. The lowest BCUT2D eigenvalue weighted by molar-refractivity contribution is -0.0103. The molecule has 2 aliphatic rings. The van der Waals surface area contributed by atoms with Crippen LogP contribution in [0.15, 0.2) is 24.3 Å². The van der Waals surface area contributed by atoms with Gasteiger partial charge in [-0.3, -0.25) is 0 Å². The van der Waals surface area contributed by atoms with Gasteiger partial charge < -0.3 is 10.0 Å². The molecule has 1 aromatic carbocycles. The second-order valence-corrected chi connectivity index (χ2v) is 6.17. The van der Waals surface area contributed by atoms with Crippen molar-refractivity contribution < 1.29 is 5.11 Å². The Balaban J connectivity index is 0.00000147. The van der Waals surface area contributed by atoms with Crippen LogP contribution in [0.3, 0.4) is 0 Å². The van der Waals surface area contributed by atoms with Gasteiger partial charge in [0.25, 0.3) is 0 Å². The van der Waals surface area contributed by atoms with Crippen LogP contribution in [0.5, 0.6) is 0 Å². The van der Waals surface area contributed by atoms with Crippen molar-refractivity contribution in [3.05, 3.63) is 35.4 Å². The molecule has 2 nitrogen and oxygen atoms in total. The molecule has 2 radical (unpaired) electrons. The molecule has 0 amide bonds. The number of benzene rings is 1. The first kappa shape index (κ1) is 15.6. The van der Waals surface area contributed by atoms with Gasteiger partial charge in [-0.1, -0.05) is 38.1 Å². The molecule has 0 bridgehead atoms. The lowest BCUT2D eigenvalue weighted by Gasteiger charge is -2.46. The zero-order valence-corrected chi connectivity index (χ0v) is 11.7. The number of rotatable bonds is 2. The lowest BCUT2D eigenvalue weighted by atomic mass is 9.62. The van der Waals surface area contributed by atoms with Gasteiger partial charge in [-0.2, -0.15) is 0 Å². The van der Waals surface area contributed by atoms with E-state index in [0.717, 1.165) is 25.8 Å². The van der Waals surface area contributed by atoms with Gasteiger partial charge >= 0.3 is 0 Å². The van der Waals surface area contributed by atoms with Crippen LogP contribution in [0.25, 0.3) is 0 Å². The topological polar surface area (TPSA) is 23.5 Å². The van der Waals surface area contributed by atoms with E-state index in [9.17, 15) is 5.11 Å². The van der Waals surface area contributed by atoms with E-state index in [1.807, 2.05) is 0 Å². The Morgan fingerprint density at radius 3 is 2.75 bits per heavy atom. The Labute approximate surface area is 124 Å². The second kappa shape index (κ2) is 5.91. The van der Waals surface area contributed by atoms with Crippen molar-refractivity contribution in [2.45, 2.75) is 57.0 Å². The van der Waals surface area contributed by atoms with Crippen molar-refractivity contribution in [1.29, 1.82) is 0 Å². The van der Waals surface area contributed by atoms with Crippen LogP contribution >= 0.6 is 0 Å². The maximum Gasteiger partial charge on any atom is 0.116 e. The molecule has 1 saturated heterocycles. The molecule has 1 N–H and O–H groups in total. The Morgan fingerprint density at radius 2 is 2.00 bits per heavy atom. The number of aliphatic hydroxyl groups is 1. The minimum absolute atomic E-state index is 0. The summed E-state index contributed by atoms with van der Waals surface area (Å²) >= 11 is 0. The van der Waals surface area contributed by atoms with Gasteiger partial charge in [-0.25, -0.2) is 0 Å². The van der Waals surface area contributed by atoms with E-state index in [1.165, 1.54) is 24.0 Å². The number of aryl methyl sites for hydroxylation is 1. The number of likely N-dealkylation sites (N-methyl/N-ethyl adjacent to an activating group) is 1. The zero-order chi connectivity index (χ0) is 13.5. The Kier molecular flexibility index (Phi) is 4.60. The average molecular weight is 271 g/mol.